The molecule has 1 aromatic heterocycles. The van der Waals surface area contributed by atoms with Gasteiger partial charge in [0.2, 0.25) is 0 Å². The van der Waals surface area contributed by atoms with E-state index in [0.717, 1.165) is 0 Å². The highest BCUT2D eigenvalue weighted by molar-refractivity contribution is 6.34. The highest BCUT2D eigenvalue weighted by atomic mass is 35.5. The van der Waals surface area contributed by atoms with E-state index in [2.05, 4.69) is 4.98 Å². The lowest BCUT2D eigenvalue weighted by Gasteiger charge is -2.07. The van der Waals surface area contributed by atoms with Crippen LogP contribution in [0.1, 0.15) is 0 Å². The van der Waals surface area contributed by atoms with E-state index in [1.54, 1.807) is 30.5 Å². The molecule has 0 fully saturated rings. The van der Waals surface area contributed by atoms with Crippen LogP contribution in [0.15, 0.2) is 36.7 Å². The highest BCUT2D eigenvalue weighted by Crippen LogP contribution is 2.31. The van der Waals surface area contributed by atoms with Gasteiger partial charge in [-0.15, -0.1) is 0 Å². The molecule has 2 rings (SSSR count). The van der Waals surface area contributed by atoms with E-state index in [0.29, 0.717) is 27.2 Å². The van der Waals surface area contributed by atoms with Gasteiger partial charge < -0.3 is 10.5 Å². The van der Waals surface area contributed by atoms with E-state index in [-0.39, 0.29) is 0 Å². The van der Waals surface area contributed by atoms with Crippen molar-refractivity contribution in [2.24, 2.45) is 0 Å². The van der Waals surface area contributed by atoms with Gasteiger partial charge >= 0.3 is 0 Å². The molecule has 0 saturated carbocycles. The van der Waals surface area contributed by atoms with Crippen molar-refractivity contribution in [2.75, 3.05) is 5.73 Å². The minimum absolute atomic E-state index is 0.474. The van der Waals surface area contributed by atoms with Crippen LogP contribution in [0.3, 0.4) is 0 Å². The van der Waals surface area contributed by atoms with Crippen LogP contribution in [0.5, 0.6) is 11.5 Å². The van der Waals surface area contributed by atoms with Crippen LogP contribution < -0.4 is 10.5 Å². The van der Waals surface area contributed by atoms with Gasteiger partial charge in [0.25, 0.3) is 0 Å². The minimum atomic E-state index is 0.474. The Bertz CT molecular complexity index is 517. The average molecular weight is 255 g/mol. The molecule has 0 bridgehead atoms. The first-order valence-corrected chi connectivity index (χ1v) is 5.24. The Kier molecular flexibility index (Phi) is 3.17. The average Bonchev–Trinajstić information content (AvgIpc) is 2.24. The van der Waals surface area contributed by atoms with Crippen LogP contribution in [0.2, 0.25) is 10.0 Å². The predicted molar refractivity (Wildman–Crippen MR) is 65.2 cm³/mol. The fourth-order valence-corrected chi connectivity index (χ4v) is 1.49. The third-order valence-electron chi connectivity index (χ3n) is 1.86. The van der Waals surface area contributed by atoms with Gasteiger partial charge in [0, 0.05) is 17.2 Å². The predicted octanol–water partition coefficient (Wildman–Crippen LogP) is 3.76. The monoisotopic (exact) mass is 254 g/mol. The summed E-state index contributed by atoms with van der Waals surface area (Å²) in [5, 5.41) is 1.03. The lowest BCUT2D eigenvalue weighted by Crippen LogP contribution is -1.90. The highest BCUT2D eigenvalue weighted by Gasteiger charge is 2.04. The third kappa shape index (κ3) is 2.56. The van der Waals surface area contributed by atoms with Crippen molar-refractivity contribution >= 4 is 28.9 Å². The van der Waals surface area contributed by atoms with E-state index in [1.807, 2.05) is 0 Å². The second-order valence-electron chi connectivity index (χ2n) is 3.13. The lowest BCUT2D eigenvalue weighted by molar-refractivity contribution is 0.481. The summed E-state index contributed by atoms with van der Waals surface area (Å²) in [6.07, 6.45) is 3.08. The molecule has 0 saturated heterocycles. The largest absolute Gasteiger partial charge is 0.454 e. The van der Waals surface area contributed by atoms with Crippen LogP contribution >= 0.6 is 23.2 Å². The van der Waals surface area contributed by atoms with Crippen molar-refractivity contribution in [1.29, 1.82) is 0 Å². The number of anilines is 1. The summed E-state index contributed by atoms with van der Waals surface area (Å²) >= 11 is 11.8. The second-order valence-corrected chi connectivity index (χ2v) is 3.97. The number of rotatable bonds is 2. The zero-order valence-electron chi connectivity index (χ0n) is 8.15. The van der Waals surface area contributed by atoms with Gasteiger partial charge in [-0.3, -0.25) is 4.98 Å². The number of nitrogens with two attached hydrogens (primary N) is 1. The molecule has 2 N–H and O–H groups in total. The first-order valence-electron chi connectivity index (χ1n) is 4.48. The molecule has 16 heavy (non-hydrogen) atoms. The number of benzene rings is 1. The van der Waals surface area contributed by atoms with E-state index in [4.69, 9.17) is 33.7 Å². The Morgan fingerprint density at radius 2 is 1.94 bits per heavy atom. The number of aromatic nitrogens is 1. The maximum Gasteiger partial charge on any atom is 0.147 e. The molecule has 0 unspecified atom stereocenters. The summed E-state index contributed by atoms with van der Waals surface area (Å²) in [5.41, 5.74) is 6.10. The number of nitrogens with zero attached hydrogens (tertiary/aromatic N) is 1. The summed E-state index contributed by atoms with van der Waals surface area (Å²) in [4.78, 5) is 3.91. The molecule has 0 aliphatic heterocycles. The van der Waals surface area contributed by atoms with Crippen LogP contribution in [0, 0.1) is 0 Å². The van der Waals surface area contributed by atoms with Gasteiger partial charge in [-0.25, -0.2) is 0 Å². The minimum Gasteiger partial charge on any atom is -0.454 e. The molecule has 1 heterocycles. The number of hydrogen-bond acceptors (Lipinski definition) is 3. The molecule has 82 valence electrons. The molecule has 3 nitrogen and oxygen atoms in total. The normalized spacial score (nSPS) is 10.1. The Morgan fingerprint density at radius 3 is 2.69 bits per heavy atom. The first kappa shape index (κ1) is 11.0. The molecular formula is C11H8Cl2N2O. The SMILES string of the molecule is Nc1cncc(Oc2cc(Cl)ccc2Cl)c1. The van der Waals surface area contributed by atoms with Crippen LogP contribution in [0.25, 0.3) is 0 Å². The molecule has 0 aliphatic rings. The smallest absolute Gasteiger partial charge is 0.147 e. The molecule has 5 heteroatoms. The number of nitrogen functional groups attached to an aromatic ring is 1. The number of halogens is 2. The van der Waals surface area contributed by atoms with Gasteiger partial charge in [0.15, 0.2) is 0 Å². The molecule has 1 aromatic carbocycles. The van der Waals surface area contributed by atoms with Crippen LogP contribution in [-0.2, 0) is 0 Å². The molecule has 0 amide bonds. The van der Waals surface area contributed by atoms with Gasteiger partial charge in [0.05, 0.1) is 23.1 Å². The van der Waals surface area contributed by atoms with Gasteiger partial charge in [-0.05, 0) is 12.1 Å². The Balaban J connectivity index is 2.30. The molecular weight excluding hydrogens is 247 g/mol. The zero-order chi connectivity index (χ0) is 11.5. The topological polar surface area (TPSA) is 48.1 Å². The number of pyridine rings is 1. The van der Waals surface area contributed by atoms with Gasteiger partial charge in [-0.1, -0.05) is 23.2 Å². The Labute approximate surface area is 103 Å². The number of ether oxygens (including phenoxy) is 1. The van der Waals surface area contributed by atoms with Crippen LogP contribution in [0.4, 0.5) is 5.69 Å². The summed E-state index contributed by atoms with van der Waals surface area (Å²) in [5.74, 6) is 0.991. The summed E-state index contributed by atoms with van der Waals surface area (Å²) < 4.78 is 5.51. The van der Waals surface area contributed by atoms with Gasteiger partial charge in [0.1, 0.15) is 11.5 Å². The molecule has 0 aliphatic carbocycles. The van der Waals surface area contributed by atoms with Gasteiger partial charge in [-0.2, -0.15) is 0 Å². The van der Waals surface area contributed by atoms with E-state index in [1.165, 1.54) is 6.20 Å². The van der Waals surface area contributed by atoms with E-state index < -0.39 is 0 Å². The molecule has 0 spiro atoms. The fraction of sp³-hybridized carbons (Fsp3) is 0. The van der Waals surface area contributed by atoms with Crippen molar-refractivity contribution < 1.29 is 4.74 Å². The fourth-order valence-electron chi connectivity index (χ4n) is 1.17. The second kappa shape index (κ2) is 4.60. The van der Waals surface area contributed by atoms with Crippen molar-refractivity contribution in [1.82, 2.24) is 4.98 Å². The van der Waals surface area contributed by atoms with E-state index >= 15 is 0 Å². The third-order valence-corrected chi connectivity index (χ3v) is 2.40. The Morgan fingerprint density at radius 1 is 1.12 bits per heavy atom. The van der Waals surface area contributed by atoms with Crippen molar-refractivity contribution in [3.63, 3.8) is 0 Å². The van der Waals surface area contributed by atoms with E-state index in [9.17, 15) is 0 Å². The Hall–Kier alpha value is -1.45. The van der Waals surface area contributed by atoms with Crippen molar-refractivity contribution in [3.8, 4) is 11.5 Å². The van der Waals surface area contributed by atoms with Crippen molar-refractivity contribution in [2.45, 2.75) is 0 Å². The number of hydrogen-bond donors (Lipinski definition) is 1. The standard InChI is InChI=1S/C11H8Cl2N2O/c12-7-1-2-10(13)11(3-7)16-9-4-8(14)5-15-6-9/h1-6H,14H2. The zero-order valence-corrected chi connectivity index (χ0v) is 9.66. The first-order chi connectivity index (χ1) is 7.65. The molecule has 0 atom stereocenters. The summed E-state index contributed by atoms with van der Waals surface area (Å²) in [6.45, 7) is 0. The van der Waals surface area contributed by atoms with Crippen molar-refractivity contribution in [3.05, 3.63) is 46.7 Å². The van der Waals surface area contributed by atoms with Crippen LogP contribution in [-0.4, -0.2) is 4.98 Å². The molecule has 0 radical (unpaired) electrons. The maximum atomic E-state index is 5.95. The summed E-state index contributed by atoms with van der Waals surface area (Å²) in [6, 6.07) is 6.64. The lowest BCUT2D eigenvalue weighted by atomic mass is 10.3. The molecule has 2 aromatic rings. The quantitative estimate of drug-likeness (QED) is 0.888. The summed E-state index contributed by atoms with van der Waals surface area (Å²) in [7, 11) is 0. The maximum absolute atomic E-state index is 5.95.